The average molecular weight is 191 g/mol. The molecule has 0 aromatic heterocycles. The van der Waals surface area contributed by atoms with E-state index in [9.17, 15) is 0 Å². The number of hydrogen-bond donors (Lipinski definition) is 1. The molecule has 1 unspecified atom stereocenters. The molecule has 1 N–H and O–H groups in total. The van der Waals surface area contributed by atoms with Gasteiger partial charge in [-0.3, -0.25) is 0 Å². The van der Waals surface area contributed by atoms with Crippen LogP contribution in [-0.4, -0.2) is 6.54 Å². The largest absolute Gasteiger partial charge is 0.310 e. The third kappa shape index (κ3) is 3.51. The zero-order valence-corrected chi connectivity index (χ0v) is 9.29. The topological polar surface area (TPSA) is 12.0 Å². The lowest BCUT2D eigenvalue weighted by molar-refractivity contribution is 0.648. The van der Waals surface area contributed by atoms with E-state index in [-0.39, 0.29) is 0 Å². The lowest BCUT2D eigenvalue weighted by Gasteiger charge is -2.08. The van der Waals surface area contributed by atoms with Crippen molar-refractivity contribution in [3.05, 3.63) is 35.9 Å². The molecule has 0 radical (unpaired) electrons. The Balaban J connectivity index is 0.000000293. The molecule has 2 rings (SSSR count). The predicted molar refractivity (Wildman–Crippen MR) is 62.4 cm³/mol. The van der Waals surface area contributed by atoms with Gasteiger partial charge in [-0.25, -0.2) is 0 Å². The van der Waals surface area contributed by atoms with Crippen LogP contribution in [0.5, 0.6) is 0 Å². The van der Waals surface area contributed by atoms with Crippen LogP contribution in [0.15, 0.2) is 30.3 Å². The molecule has 0 spiro atoms. The maximum Gasteiger partial charge on any atom is 0.0320 e. The highest BCUT2D eigenvalue weighted by atomic mass is 14.9. The highest BCUT2D eigenvalue weighted by Crippen LogP contribution is 2.21. The van der Waals surface area contributed by atoms with E-state index in [0.29, 0.717) is 6.04 Å². The molecule has 0 bridgehead atoms. The Morgan fingerprint density at radius 2 is 1.86 bits per heavy atom. The van der Waals surface area contributed by atoms with Gasteiger partial charge in [0.15, 0.2) is 0 Å². The second kappa shape index (κ2) is 6.61. The summed E-state index contributed by atoms with van der Waals surface area (Å²) in [6.07, 6.45) is 3.86. The fraction of sp³-hybridized carbons (Fsp3) is 0.538. The van der Waals surface area contributed by atoms with Crippen LogP contribution in [0.2, 0.25) is 0 Å². The molecule has 1 nitrogen and oxygen atoms in total. The molecule has 1 aliphatic rings. The summed E-state index contributed by atoms with van der Waals surface area (Å²) in [6, 6.07) is 11.3. The standard InChI is InChI=1S/C10H13N.C3H8/c1-2-5-9(6-3-1)10-7-4-8-11-10;1-3-2/h1-3,5-6,10-11H,4,7-8H2;3H2,1-2H3. The van der Waals surface area contributed by atoms with E-state index in [1.165, 1.54) is 31.4 Å². The monoisotopic (exact) mass is 191 g/mol. The third-order valence-electron chi connectivity index (χ3n) is 2.26. The molecule has 1 heteroatoms. The van der Waals surface area contributed by atoms with E-state index in [1.807, 2.05) is 0 Å². The lowest BCUT2D eigenvalue weighted by atomic mass is 10.1. The highest BCUT2D eigenvalue weighted by Gasteiger charge is 2.14. The van der Waals surface area contributed by atoms with Crippen molar-refractivity contribution in [3.63, 3.8) is 0 Å². The highest BCUT2D eigenvalue weighted by molar-refractivity contribution is 5.19. The number of rotatable bonds is 1. The number of benzene rings is 1. The van der Waals surface area contributed by atoms with Gasteiger partial charge in [0.05, 0.1) is 0 Å². The molecule has 14 heavy (non-hydrogen) atoms. The summed E-state index contributed by atoms with van der Waals surface area (Å²) in [7, 11) is 0. The van der Waals surface area contributed by atoms with E-state index in [0.717, 1.165) is 0 Å². The SMILES string of the molecule is CCC.c1ccc(C2CCCN2)cc1. The summed E-state index contributed by atoms with van der Waals surface area (Å²) in [5.41, 5.74) is 1.44. The van der Waals surface area contributed by atoms with E-state index in [2.05, 4.69) is 49.5 Å². The van der Waals surface area contributed by atoms with Gasteiger partial charge in [0.2, 0.25) is 0 Å². The Hall–Kier alpha value is -0.820. The number of hydrogen-bond acceptors (Lipinski definition) is 1. The van der Waals surface area contributed by atoms with E-state index in [1.54, 1.807) is 0 Å². The summed E-state index contributed by atoms with van der Waals surface area (Å²) in [5, 5.41) is 3.47. The molecule has 1 aliphatic heterocycles. The fourth-order valence-electron chi connectivity index (χ4n) is 1.65. The predicted octanol–water partition coefficient (Wildman–Crippen LogP) is 3.53. The maximum atomic E-state index is 3.47. The third-order valence-corrected chi connectivity index (χ3v) is 2.26. The summed E-state index contributed by atoms with van der Waals surface area (Å²) < 4.78 is 0. The summed E-state index contributed by atoms with van der Waals surface area (Å²) in [6.45, 7) is 5.43. The van der Waals surface area contributed by atoms with Crippen molar-refractivity contribution in [2.75, 3.05) is 6.54 Å². The average Bonchev–Trinajstić information content (AvgIpc) is 2.73. The minimum atomic E-state index is 0.621. The Kier molecular flexibility index (Phi) is 5.31. The zero-order valence-electron chi connectivity index (χ0n) is 9.29. The Bertz CT molecular complexity index is 224. The first-order valence-corrected chi connectivity index (χ1v) is 5.66. The normalized spacial score (nSPS) is 20.0. The molecule has 1 aromatic carbocycles. The van der Waals surface area contributed by atoms with Gasteiger partial charge in [-0.05, 0) is 24.9 Å². The van der Waals surface area contributed by atoms with Crippen LogP contribution in [0.3, 0.4) is 0 Å². The van der Waals surface area contributed by atoms with Crippen molar-refractivity contribution in [2.45, 2.75) is 39.2 Å². The van der Waals surface area contributed by atoms with Crippen molar-refractivity contribution in [3.8, 4) is 0 Å². The van der Waals surface area contributed by atoms with Crippen LogP contribution < -0.4 is 5.32 Å². The minimum Gasteiger partial charge on any atom is -0.310 e. The van der Waals surface area contributed by atoms with Crippen molar-refractivity contribution in [1.82, 2.24) is 5.32 Å². The quantitative estimate of drug-likeness (QED) is 0.716. The van der Waals surface area contributed by atoms with E-state index in [4.69, 9.17) is 0 Å². The summed E-state index contributed by atoms with van der Waals surface area (Å²) in [4.78, 5) is 0. The first-order chi connectivity index (χ1) is 6.88. The first kappa shape index (κ1) is 11.3. The summed E-state index contributed by atoms with van der Waals surface area (Å²) in [5.74, 6) is 0. The fourth-order valence-corrected chi connectivity index (χ4v) is 1.65. The second-order valence-electron chi connectivity index (χ2n) is 3.77. The van der Waals surface area contributed by atoms with Gasteiger partial charge in [-0.15, -0.1) is 0 Å². The molecule has 1 aromatic rings. The van der Waals surface area contributed by atoms with Gasteiger partial charge < -0.3 is 5.32 Å². The molecule has 1 fully saturated rings. The molecular formula is C13H21N. The molecule has 1 heterocycles. The van der Waals surface area contributed by atoms with Gasteiger partial charge >= 0.3 is 0 Å². The first-order valence-electron chi connectivity index (χ1n) is 5.66. The lowest BCUT2D eigenvalue weighted by Crippen LogP contribution is -2.12. The minimum absolute atomic E-state index is 0.621. The Labute approximate surface area is 87.5 Å². The van der Waals surface area contributed by atoms with Crippen molar-refractivity contribution in [2.24, 2.45) is 0 Å². The smallest absolute Gasteiger partial charge is 0.0320 e. The van der Waals surface area contributed by atoms with Gasteiger partial charge in [0, 0.05) is 6.04 Å². The van der Waals surface area contributed by atoms with E-state index < -0.39 is 0 Å². The van der Waals surface area contributed by atoms with Crippen LogP contribution in [0.4, 0.5) is 0 Å². The van der Waals surface area contributed by atoms with Crippen LogP contribution in [-0.2, 0) is 0 Å². The van der Waals surface area contributed by atoms with Crippen molar-refractivity contribution < 1.29 is 0 Å². The van der Waals surface area contributed by atoms with Crippen LogP contribution in [0, 0.1) is 0 Å². The van der Waals surface area contributed by atoms with Gasteiger partial charge in [-0.1, -0.05) is 50.6 Å². The molecular weight excluding hydrogens is 170 g/mol. The second-order valence-corrected chi connectivity index (χ2v) is 3.77. The van der Waals surface area contributed by atoms with Crippen molar-refractivity contribution in [1.29, 1.82) is 0 Å². The molecule has 0 saturated carbocycles. The zero-order chi connectivity index (χ0) is 10.2. The molecule has 1 atom stereocenters. The Morgan fingerprint density at radius 1 is 1.21 bits per heavy atom. The van der Waals surface area contributed by atoms with Crippen LogP contribution >= 0.6 is 0 Å². The Morgan fingerprint density at radius 3 is 2.36 bits per heavy atom. The van der Waals surface area contributed by atoms with Gasteiger partial charge in [0.25, 0.3) is 0 Å². The van der Waals surface area contributed by atoms with Crippen LogP contribution in [0.25, 0.3) is 0 Å². The number of nitrogens with one attached hydrogen (secondary N) is 1. The van der Waals surface area contributed by atoms with E-state index >= 15 is 0 Å². The van der Waals surface area contributed by atoms with Crippen LogP contribution in [0.1, 0.15) is 44.7 Å². The summed E-state index contributed by atoms with van der Waals surface area (Å²) >= 11 is 0. The van der Waals surface area contributed by atoms with Crippen molar-refractivity contribution >= 4 is 0 Å². The molecule has 1 saturated heterocycles. The van der Waals surface area contributed by atoms with Gasteiger partial charge in [-0.2, -0.15) is 0 Å². The maximum absolute atomic E-state index is 3.47. The van der Waals surface area contributed by atoms with Gasteiger partial charge in [0.1, 0.15) is 0 Å². The molecule has 0 amide bonds. The molecule has 0 aliphatic carbocycles. The molecule has 78 valence electrons.